The number of fused-ring (bicyclic) bond motifs is 2. The van der Waals surface area contributed by atoms with Gasteiger partial charge in [0.1, 0.15) is 42.0 Å². The molecule has 3 unspecified atom stereocenters. The van der Waals surface area contributed by atoms with Crippen LogP contribution in [-0.4, -0.2) is 69.2 Å². The van der Waals surface area contributed by atoms with Gasteiger partial charge in [-0.15, -0.1) is 0 Å². The first-order valence-electron chi connectivity index (χ1n) is 14.4. The molecule has 2 heterocycles. The van der Waals surface area contributed by atoms with Crippen LogP contribution in [0, 0.1) is 5.92 Å². The van der Waals surface area contributed by atoms with Crippen molar-refractivity contribution in [3.8, 4) is 11.5 Å². The highest BCUT2D eigenvalue weighted by molar-refractivity contribution is 5.97. The number of methoxy groups -OCH3 is 1. The third-order valence-electron chi connectivity index (χ3n) is 7.13. The Kier molecular flexibility index (Phi) is 11.0. The van der Waals surface area contributed by atoms with E-state index in [1.807, 2.05) is 39.0 Å². The Labute approximate surface area is 252 Å². The molecule has 0 aliphatic carbocycles. The molecular formula is C33H41NO9. The summed E-state index contributed by atoms with van der Waals surface area (Å²) in [4.78, 5) is 26.7. The second-order valence-electron chi connectivity index (χ2n) is 10.9. The van der Waals surface area contributed by atoms with Crippen LogP contribution >= 0.6 is 0 Å². The fourth-order valence-electron chi connectivity index (χ4n) is 4.87. The van der Waals surface area contributed by atoms with Gasteiger partial charge in [0.15, 0.2) is 12.6 Å². The van der Waals surface area contributed by atoms with Crippen molar-refractivity contribution >= 4 is 18.0 Å². The molecule has 1 saturated heterocycles. The number of cyclic esters (lactones) is 1. The first kappa shape index (κ1) is 32.2. The Morgan fingerprint density at radius 1 is 1.07 bits per heavy atom. The van der Waals surface area contributed by atoms with E-state index in [1.54, 1.807) is 55.5 Å². The second kappa shape index (κ2) is 14.7. The molecule has 0 aromatic heterocycles. The summed E-state index contributed by atoms with van der Waals surface area (Å²) in [6, 6.07) is 12.1. The Morgan fingerprint density at radius 2 is 1.84 bits per heavy atom. The monoisotopic (exact) mass is 595 g/mol. The largest absolute Gasteiger partial charge is 0.492 e. The number of esters is 2. The van der Waals surface area contributed by atoms with E-state index in [4.69, 9.17) is 38.9 Å². The minimum absolute atomic E-state index is 0.0778. The van der Waals surface area contributed by atoms with Crippen LogP contribution in [0.4, 0.5) is 0 Å². The Bertz CT molecular complexity index is 1310. The van der Waals surface area contributed by atoms with Gasteiger partial charge in [0, 0.05) is 25.6 Å². The van der Waals surface area contributed by atoms with Gasteiger partial charge >= 0.3 is 11.9 Å². The molecule has 0 radical (unpaired) electrons. The zero-order valence-electron chi connectivity index (χ0n) is 25.3. The van der Waals surface area contributed by atoms with Gasteiger partial charge in [-0.1, -0.05) is 43.4 Å². The van der Waals surface area contributed by atoms with Crippen molar-refractivity contribution in [1.82, 2.24) is 0 Å². The van der Waals surface area contributed by atoms with Crippen molar-refractivity contribution in [3.05, 3.63) is 77.4 Å². The average molecular weight is 596 g/mol. The third-order valence-corrected chi connectivity index (χ3v) is 7.13. The summed E-state index contributed by atoms with van der Waals surface area (Å²) in [7, 11) is 1.49. The quantitative estimate of drug-likeness (QED) is 0.256. The van der Waals surface area contributed by atoms with Gasteiger partial charge in [-0.05, 0) is 57.0 Å². The van der Waals surface area contributed by atoms with E-state index in [9.17, 15) is 9.59 Å². The van der Waals surface area contributed by atoms with Gasteiger partial charge in [-0.25, -0.2) is 9.59 Å². The molecule has 2 aliphatic heterocycles. The molecule has 232 valence electrons. The van der Waals surface area contributed by atoms with Gasteiger partial charge < -0.3 is 38.9 Å². The number of benzene rings is 2. The van der Waals surface area contributed by atoms with Gasteiger partial charge in [0.05, 0.1) is 11.7 Å². The lowest BCUT2D eigenvalue weighted by atomic mass is 9.98. The second-order valence-corrected chi connectivity index (χ2v) is 10.9. The van der Waals surface area contributed by atoms with Gasteiger partial charge in [-0.3, -0.25) is 0 Å². The van der Waals surface area contributed by atoms with Crippen LogP contribution in [0.25, 0.3) is 6.08 Å². The fraction of sp³-hybridized carbons (Fsp3) is 0.455. The van der Waals surface area contributed by atoms with Gasteiger partial charge in [-0.2, -0.15) is 0 Å². The molecule has 2 aromatic carbocycles. The maximum absolute atomic E-state index is 13.6. The summed E-state index contributed by atoms with van der Waals surface area (Å²) < 4.78 is 41.1. The van der Waals surface area contributed by atoms with Gasteiger partial charge in [0.25, 0.3) is 0 Å². The van der Waals surface area contributed by atoms with Crippen LogP contribution < -0.4 is 15.2 Å². The molecule has 0 amide bonds. The first-order chi connectivity index (χ1) is 20.6. The number of hydrogen-bond donors (Lipinski definition) is 1. The molecule has 1 fully saturated rings. The highest BCUT2D eigenvalue weighted by Crippen LogP contribution is 2.36. The number of hydrogen-bond acceptors (Lipinski definition) is 10. The number of nitrogens with two attached hydrogens (primary N) is 1. The smallest absolute Gasteiger partial charge is 0.342 e. The minimum atomic E-state index is -0.914. The van der Waals surface area contributed by atoms with E-state index in [-0.39, 0.29) is 30.6 Å². The molecule has 2 aliphatic rings. The molecule has 2 N–H and O–H groups in total. The molecule has 4 rings (SSSR count). The predicted octanol–water partition coefficient (Wildman–Crippen LogP) is 4.91. The van der Waals surface area contributed by atoms with Gasteiger partial charge in [0.2, 0.25) is 0 Å². The highest BCUT2D eigenvalue weighted by atomic mass is 16.8. The number of rotatable bonds is 8. The Morgan fingerprint density at radius 3 is 2.56 bits per heavy atom. The Hall–Kier alpha value is -3.70. The van der Waals surface area contributed by atoms with Crippen LogP contribution in [0.15, 0.2) is 60.7 Å². The lowest BCUT2D eigenvalue weighted by molar-refractivity contribution is -0.152. The van der Waals surface area contributed by atoms with E-state index < -0.39 is 42.1 Å². The van der Waals surface area contributed by atoms with Crippen molar-refractivity contribution in [1.29, 1.82) is 0 Å². The minimum Gasteiger partial charge on any atom is -0.492 e. The average Bonchev–Trinajstić information content (AvgIpc) is 3.30. The molecule has 0 bridgehead atoms. The number of ether oxygens (including phenoxy) is 7. The molecule has 0 saturated carbocycles. The molecule has 2 aromatic rings. The van der Waals surface area contributed by atoms with Crippen molar-refractivity contribution in [2.45, 2.75) is 64.3 Å². The molecule has 10 heteroatoms. The molecule has 43 heavy (non-hydrogen) atoms. The molecule has 0 spiro atoms. The van der Waals surface area contributed by atoms with Crippen molar-refractivity contribution in [3.63, 3.8) is 0 Å². The van der Waals surface area contributed by atoms with E-state index in [0.717, 1.165) is 0 Å². The first-order valence-corrected chi connectivity index (χ1v) is 14.4. The summed E-state index contributed by atoms with van der Waals surface area (Å²) >= 11 is 0. The van der Waals surface area contributed by atoms with Crippen LogP contribution in [-0.2, 0) is 23.7 Å². The highest BCUT2D eigenvalue weighted by Gasteiger charge is 2.45. The zero-order chi connectivity index (χ0) is 31.0. The summed E-state index contributed by atoms with van der Waals surface area (Å²) in [6.45, 7) is 7.88. The standard InChI is InChI=1S/C33H41NO9/c1-21-14-15-26(41-31(35)23-10-7-6-8-11-23)30-27(42-33(3,4)43-30)13-9-12-24-18-25(38-17-16-34)19-28(39-20-37-5)29(24)32(36)40-22(21)2/h6-12,14-15,18-19,21-22,26-27,30H,13,16-17,20,34H2,1-5H3/b12-9+,15-14-/t21-,22+,26?,27?,30?/m1/s1. The van der Waals surface area contributed by atoms with Crippen LogP contribution in [0.1, 0.15) is 60.4 Å². The van der Waals surface area contributed by atoms with Crippen LogP contribution in [0.3, 0.4) is 0 Å². The number of carbonyl (C=O) groups is 2. The van der Waals surface area contributed by atoms with E-state index in [1.165, 1.54) is 7.11 Å². The number of carbonyl (C=O) groups excluding carboxylic acids is 2. The SMILES string of the molecule is COCOc1cc(OCCN)cc2c1C(=O)O[C@@H](C)[C@H](C)/C=C\C(OC(=O)c1ccccc1)C1OC(C)(C)OC1C/C=C/2. The van der Waals surface area contributed by atoms with Crippen LogP contribution in [0.2, 0.25) is 0 Å². The van der Waals surface area contributed by atoms with E-state index in [2.05, 4.69) is 0 Å². The predicted molar refractivity (Wildman–Crippen MR) is 160 cm³/mol. The van der Waals surface area contributed by atoms with Crippen LogP contribution in [0.5, 0.6) is 11.5 Å². The van der Waals surface area contributed by atoms with Crippen molar-refractivity contribution < 1.29 is 42.7 Å². The fourth-order valence-corrected chi connectivity index (χ4v) is 4.87. The maximum Gasteiger partial charge on any atom is 0.342 e. The molecular weight excluding hydrogens is 554 g/mol. The normalized spacial score (nSPS) is 26.7. The molecule has 10 nitrogen and oxygen atoms in total. The summed E-state index contributed by atoms with van der Waals surface area (Å²) in [5.74, 6) is -1.46. The van der Waals surface area contributed by atoms with Crippen molar-refractivity contribution in [2.24, 2.45) is 11.7 Å². The lowest BCUT2D eigenvalue weighted by Gasteiger charge is -2.25. The lowest BCUT2D eigenvalue weighted by Crippen LogP contribution is -2.37. The van der Waals surface area contributed by atoms with E-state index >= 15 is 0 Å². The summed E-state index contributed by atoms with van der Waals surface area (Å²) in [5, 5.41) is 0. The topological polar surface area (TPSA) is 125 Å². The summed E-state index contributed by atoms with van der Waals surface area (Å²) in [5.41, 5.74) is 6.84. The Balaban J connectivity index is 1.74. The zero-order valence-corrected chi connectivity index (χ0v) is 25.3. The van der Waals surface area contributed by atoms with Crippen molar-refractivity contribution in [2.75, 3.05) is 27.1 Å². The molecule has 5 atom stereocenters. The third kappa shape index (κ3) is 8.45. The van der Waals surface area contributed by atoms with E-state index in [0.29, 0.717) is 29.8 Å². The maximum atomic E-state index is 13.6. The summed E-state index contributed by atoms with van der Waals surface area (Å²) in [6.07, 6.45) is 5.34.